The molecule has 1 amide bonds. The normalized spacial score (nSPS) is 20.0. The van der Waals surface area contributed by atoms with Crippen molar-refractivity contribution in [2.45, 2.75) is 12.5 Å². The maximum absolute atomic E-state index is 13.3. The zero-order valence-electron chi connectivity index (χ0n) is 20.9. The quantitative estimate of drug-likeness (QED) is 0.322. The molecule has 0 spiro atoms. The Labute approximate surface area is 210 Å². The van der Waals surface area contributed by atoms with E-state index in [9.17, 15) is 14.7 Å². The van der Waals surface area contributed by atoms with Gasteiger partial charge < -0.3 is 29.0 Å². The van der Waals surface area contributed by atoms with Gasteiger partial charge in [-0.1, -0.05) is 0 Å². The highest BCUT2D eigenvalue weighted by molar-refractivity contribution is 6.46. The summed E-state index contributed by atoms with van der Waals surface area (Å²) in [6.45, 7) is 4.16. The second kappa shape index (κ2) is 11.5. The maximum atomic E-state index is 13.3. The molecule has 0 unspecified atom stereocenters. The Bertz CT molecular complexity index is 1120. The van der Waals surface area contributed by atoms with Gasteiger partial charge in [0.1, 0.15) is 23.0 Å². The van der Waals surface area contributed by atoms with Crippen LogP contribution < -0.4 is 14.2 Å². The van der Waals surface area contributed by atoms with Gasteiger partial charge in [-0.2, -0.15) is 0 Å². The van der Waals surface area contributed by atoms with Gasteiger partial charge >= 0.3 is 0 Å². The SMILES string of the molecule is COc1ccc(/C(O)=C2\C(=O)C(=O)N(CCCN3CCOCC3)[C@@H]2c2cc(OC)ccc2OC)cc1. The molecule has 2 aromatic rings. The molecular weight excluding hydrogens is 464 g/mol. The summed E-state index contributed by atoms with van der Waals surface area (Å²) in [7, 11) is 4.62. The Kier molecular flexibility index (Phi) is 8.12. The van der Waals surface area contributed by atoms with Crippen molar-refractivity contribution in [2.24, 2.45) is 0 Å². The number of hydrogen-bond acceptors (Lipinski definition) is 8. The van der Waals surface area contributed by atoms with Crippen molar-refractivity contribution in [3.05, 3.63) is 59.2 Å². The number of amides is 1. The molecule has 2 fully saturated rings. The highest BCUT2D eigenvalue weighted by Crippen LogP contribution is 2.44. The summed E-state index contributed by atoms with van der Waals surface area (Å²) in [5.41, 5.74) is 0.995. The average Bonchev–Trinajstić information content (AvgIpc) is 3.17. The van der Waals surface area contributed by atoms with Gasteiger partial charge in [0.05, 0.1) is 46.2 Å². The first-order valence-corrected chi connectivity index (χ1v) is 11.9. The highest BCUT2D eigenvalue weighted by atomic mass is 16.5. The van der Waals surface area contributed by atoms with Crippen LogP contribution in [0, 0.1) is 0 Å². The zero-order valence-corrected chi connectivity index (χ0v) is 20.9. The molecule has 36 heavy (non-hydrogen) atoms. The van der Waals surface area contributed by atoms with E-state index < -0.39 is 17.7 Å². The molecule has 1 atom stereocenters. The van der Waals surface area contributed by atoms with Crippen LogP contribution in [0.1, 0.15) is 23.6 Å². The lowest BCUT2D eigenvalue weighted by Crippen LogP contribution is -2.39. The fourth-order valence-electron chi connectivity index (χ4n) is 4.68. The first-order chi connectivity index (χ1) is 17.5. The van der Waals surface area contributed by atoms with Crippen LogP contribution >= 0.6 is 0 Å². The predicted molar refractivity (Wildman–Crippen MR) is 133 cm³/mol. The molecule has 0 bridgehead atoms. The third-order valence-corrected chi connectivity index (χ3v) is 6.61. The summed E-state index contributed by atoms with van der Waals surface area (Å²) in [6.07, 6.45) is 0.665. The molecule has 0 saturated carbocycles. The van der Waals surface area contributed by atoms with E-state index in [1.165, 1.54) is 12.0 Å². The van der Waals surface area contributed by atoms with Gasteiger partial charge in [0.25, 0.3) is 11.7 Å². The molecule has 2 heterocycles. The van der Waals surface area contributed by atoms with Crippen molar-refractivity contribution in [3.63, 3.8) is 0 Å². The lowest BCUT2D eigenvalue weighted by Gasteiger charge is -2.29. The summed E-state index contributed by atoms with van der Waals surface area (Å²) in [5, 5.41) is 11.3. The zero-order chi connectivity index (χ0) is 25.7. The number of ketones is 1. The van der Waals surface area contributed by atoms with Crippen LogP contribution in [0.4, 0.5) is 0 Å². The lowest BCUT2D eigenvalue weighted by molar-refractivity contribution is -0.140. The second-order valence-corrected chi connectivity index (χ2v) is 8.64. The Hall–Kier alpha value is -3.56. The van der Waals surface area contributed by atoms with E-state index in [4.69, 9.17) is 18.9 Å². The van der Waals surface area contributed by atoms with Crippen LogP contribution in [0.15, 0.2) is 48.0 Å². The van der Waals surface area contributed by atoms with Crippen molar-refractivity contribution < 1.29 is 33.6 Å². The largest absolute Gasteiger partial charge is 0.507 e. The van der Waals surface area contributed by atoms with E-state index in [-0.39, 0.29) is 11.3 Å². The molecule has 2 aromatic carbocycles. The van der Waals surface area contributed by atoms with E-state index in [0.29, 0.717) is 54.6 Å². The highest BCUT2D eigenvalue weighted by Gasteiger charge is 2.47. The molecule has 9 nitrogen and oxygen atoms in total. The van der Waals surface area contributed by atoms with Gasteiger partial charge in [0.2, 0.25) is 0 Å². The van der Waals surface area contributed by atoms with Crippen molar-refractivity contribution in [1.29, 1.82) is 0 Å². The van der Waals surface area contributed by atoms with Crippen molar-refractivity contribution in [3.8, 4) is 17.2 Å². The second-order valence-electron chi connectivity index (χ2n) is 8.64. The van der Waals surface area contributed by atoms with E-state index in [1.54, 1.807) is 56.7 Å². The fourth-order valence-corrected chi connectivity index (χ4v) is 4.68. The summed E-state index contributed by atoms with van der Waals surface area (Å²) in [5.74, 6) is 0.0184. The predicted octanol–water partition coefficient (Wildman–Crippen LogP) is 2.86. The first kappa shape index (κ1) is 25.5. The lowest BCUT2D eigenvalue weighted by atomic mass is 9.94. The molecule has 2 aliphatic heterocycles. The minimum absolute atomic E-state index is 0.0168. The van der Waals surface area contributed by atoms with Crippen LogP contribution in [0.5, 0.6) is 17.2 Å². The number of hydrogen-bond donors (Lipinski definition) is 1. The number of aliphatic hydroxyl groups excluding tert-OH is 1. The maximum Gasteiger partial charge on any atom is 0.295 e. The van der Waals surface area contributed by atoms with E-state index in [1.807, 2.05) is 0 Å². The number of benzene rings is 2. The molecule has 0 radical (unpaired) electrons. The third kappa shape index (κ3) is 5.17. The van der Waals surface area contributed by atoms with Crippen LogP contribution in [0.3, 0.4) is 0 Å². The number of morpholine rings is 1. The van der Waals surface area contributed by atoms with E-state index >= 15 is 0 Å². The van der Waals surface area contributed by atoms with Crippen LogP contribution in [0.2, 0.25) is 0 Å². The third-order valence-electron chi connectivity index (χ3n) is 6.61. The van der Waals surface area contributed by atoms with Crippen molar-refractivity contribution in [2.75, 3.05) is 60.7 Å². The fraction of sp³-hybridized carbons (Fsp3) is 0.407. The minimum Gasteiger partial charge on any atom is -0.507 e. The molecule has 4 rings (SSSR count). The molecule has 0 aliphatic carbocycles. The monoisotopic (exact) mass is 496 g/mol. The molecule has 2 aliphatic rings. The van der Waals surface area contributed by atoms with Gasteiger partial charge in [-0.25, -0.2) is 0 Å². The van der Waals surface area contributed by atoms with Crippen molar-refractivity contribution >= 4 is 17.4 Å². The summed E-state index contributed by atoms with van der Waals surface area (Å²) in [6, 6.07) is 11.1. The number of nitrogens with zero attached hydrogens (tertiary/aromatic N) is 2. The summed E-state index contributed by atoms with van der Waals surface area (Å²) in [4.78, 5) is 30.4. The average molecular weight is 497 g/mol. The number of carbonyl (C=O) groups is 2. The molecule has 0 aromatic heterocycles. The van der Waals surface area contributed by atoms with Gasteiger partial charge in [-0.3, -0.25) is 14.5 Å². The molecule has 2 saturated heterocycles. The first-order valence-electron chi connectivity index (χ1n) is 11.9. The Morgan fingerprint density at radius 1 is 0.944 bits per heavy atom. The number of likely N-dealkylation sites (tertiary alicyclic amines) is 1. The van der Waals surface area contributed by atoms with Gasteiger partial charge in [0, 0.05) is 37.3 Å². The van der Waals surface area contributed by atoms with Crippen molar-refractivity contribution in [1.82, 2.24) is 9.80 Å². The van der Waals surface area contributed by atoms with E-state index in [2.05, 4.69) is 4.90 Å². The number of aliphatic hydroxyl groups is 1. The number of Topliss-reactive ketones (excluding diaryl/α,β-unsaturated/α-hetero) is 1. The van der Waals surface area contributed by atoms with Crippen LogP contribution in [0.25, 0.3) is 5.76 Å². The van der Waals surface area contributed by atoms with Crippen LogP contribution in [-0.4, -0.2) is 87.3 Å². The number of rotatable bonds is 9. The van der Waals surface area contributed by atoms with Gasteiger partial charge in [-0.05, 0) is 48.9 Å². The van der Waals surface area contributed by atoms with Gasteiger partial charge in [-0.15, -0.1) is 0 Å². The van der Waals surface area contributed by atoms with Crippen LogP contribution in [-0.2, 0) is 14.3 Å². The topological polar surface area (TPSA) is 97.8 Å². The molecule has 9 heteroatoms. The Morgan fingerprint density at radius 2 is 1.61 bits per heavy atom. The number of ether oxygens (including phenoxy) is 4. The van der Waals surface area contributed by atoms with Gasteiger partial charge in [0.15, 0.2) is 0 Å². The minimum atomic E-state index is -0.832. The summed E-state index contributed by atoms with van der Waals surface area (Å²) < 4.78 is 21.6. The molecule has 192 valence electrons. The number of carbonyl (C=O) groups excluding carboxylic acids is 2. The molecular formula is C27H32N2O7. The molecule has 1 N–H and O–H groups in total. The number of methoxy groups -OCH3 is 3. The van der Waals surface area contributed by atoms with E-state index in [0.717, 1.165) is 19.6 Å². The summed E-state index contributed by atoms with van der Waals surface area (Å²) >= 11 is 0. The Morgan fingerprint density at radius 3 is 2.25 bits per heavy atom. The standard InChI is InChI=1S/C27H32N2O7/c1-33-19-7-5-18(6-8-19)25(30)23-24(21-17-20(34-2)9-10-22(21)35-3)29(27(32)26(23)31)12-4-11-28-13-15-36-16-14-28/h5-10,17,24,30H,4,11-16H2,1-3H3/b25-23+/t24-/m1/s1. The smallest absolute Gasteiger partial charge is 0.295 e. The Balaban J connectivity index is 1.75.